The molecular formula is C19H19F2NO3. The second-order valence-corrected chi connectivity index (χ2v) is 5.95. The number of alkyl halides is 2. The van der Waals surface area contributed by atoms with Crippen LogP contribution in [0.25, 0.3) is 0 Å². The quantitative estimate of drug-likeness (QED) is 0.897. The number of ether oxygens (including phenoxy) is 1. The SMILES string of the molecule is O=C(CC(O)c1ccccc1)N1CCCc2cc(OC(F)F)ccc21. The first-order valence-corrected chi connectivity index (χ1v) is 8.15. The van der Waals surface area contributed by atoms with Gasteiger partial charge < -0.3 is 14.7 Å². The molecule has 1 aliphatic rings. The first-order valence-electron chi connectivity index (χ1n) is 8.15. The Hall–Kier alpha value is -2.47. The zero-order valence-electron chi connectivity index (χ0n) is 13.6. The minimum Gasteiger partial charge on any atom is -0.435 e. The summed E-state index contributed by atoms with van der Waals surface area (Å²) in [4.78, 5) is 14.2. The standard InChI is InChI=1S/C19H19F2NO3/c20-19(21)25-15-8-9-16-14(11-15)7-4-10-22(16)18(24)12-17(23)13-5-2-1-3-6-13/h1-3,5-6,8-9,11,17,19,23H,4,7,10,12H2. The number of carbonyl (C=O) groups excluding carboxylic acids is 1. The van der Waals surface area contributed by atoms with Crippen LogP contribution in [0.15, 0.2) is 48.5 Å². The predicted molar refractivity (Wildman–Crippen MR) is 89.8 cm³/mol. The number of amides is 1. The summed E-state index contributed by atoms with van der Waals surface area (Å²) in [5.74, 6) is -0.104. The first kappa shape index (κ1) is 17.4. The molecule has 2 aromatic carbocycles. The molecule has 1 unspecified atom stereocenters. The Morgan fingerprint density at radius 1 is 1.20 bits per heavy atom. The van der Waals surface area contributed by atoms with Crippen LogP contribution in [0.3, 0.4) is 0 Å². The summed E-state index contributed by atoms with van der Waals surface area (Å²) in [6.07, 6.45) is 0.526. The summed E-state index contributed by atoms with van der Waals surface area (Å²) < 4.78 is 29.1. The van der Waals surface area contributed by atoms with Gasteiger partial charge in [0.15, 0.2) is 0 Å². The number of halogens is 2. The van der Waals surface area contributed by atoms with Crippen molar-refractivity contribution in [2.24, 2.45) is 0 Å². The fourth-order valence-electron chi connectivity index (χ4n) is 3.08. The van der Waals surface area contributed by atoms with Crippen molar-refractivity contribution in [3.63, 3.8) is 0 Å². The largest absolute Gasteiger partial charge is 0.435 e. The van der Waals surface area contributed by atoms with E-state index < -0.39 is 12.7 Å². The Bertz CT molecular complexity index is 737. The van der Waals surface area contributed by atoms with Crippen LogP contribution in [0.5, 0.6) is 5.75 Å². The maximum atomic E-state index is 12.6. The van der Waals surface area contributed by atoms with Crippen LogP contribution in [0.1, 0.15) is 30.1 Å². The highest BCUT2D eigenvalue weighted by molar-refractivity contribution is 5.95. The molecule has 6 heteroatoms. The summed E-state index contributed by atoms with van der Waals surface area (Å²) in [7, 11) is 0. The van der Waals surface area contributed by atoms with Crippen molar-refractivity contribution in [3.05, 3.63) is 59.7 Å². The average molecular weight is 347 g/mol. The number of benzene rings is 2. The van der Waals surface area contributed by atoms with Gasteiger partial charge in [0.2, 0.25) is 5.91 Å². The molecule has 132 valence electrons. The summed E-state index contributed by atoms with van der Waals surface area (Å²) in [5.41, 5.74) is 2.18. The fourth-order valence-corrected chi connectivity index (χ4v) is 3.08. The van der Waals surface area contributed by atoms with E-state index in [1.54, 1.807) is 29.2 Å². The average Bonchev–Trinajstić information content (AvgIpc) is 2.61. The number of fused-ring (bicyclic) bond motifs is 1. The molecule has 4 nitrogen and oxygen atoms in total. The summed E-state index contributed by atoms with van der Waals surface area (Å²) in [6, 6.07) is 13.6. The van der Waals surface area contributed by atoms with E-state index in [1.807, 2.05) is 18.2 Å². The summed E-state index contributed by atoms with van der Waals surface area (Å²) in [6.45, 7) is -2.33. The van der Waals surface area contributed by atoms with Crippen LogP contribution in [-0.2, 0) is 11.2 Å². The van der Waals surface area contributed by atoms with Crippen LogP contribution >= 0.6 is 0 Å². The van der Waals surface area contributed by atoms with Crippen molar-refractivity contribution >= 4 is 11.6 Å². The van der Waals surface area contributed by atoms with E-state index in [1.165, 1.54) is 6.07 Å². The number of nitrogens with zero attached hydrogens (tertiary/aromatic N) is 1. The molecule has 0 spiro atoms. The summed E-state index contributed by atoms with van der Waals surface area (Å²) >= 11 is 0. The maximum Gasteiger partial charge on any atom is 0.387 e. The third-order valence-corrected chi connectivity index (χ3v) is 4.25. The molecule has 0 aromatic heterocycles. The lowest BCUT2D eigenvalue weighted by Gasteiger charge is -2.30. The number of aliphatic hydroxyl groups excluding tert-OH is 1. The van der Waals surface area contributed by atoms with Gasteiger partial charge in [-0.2, -0.15) is 8.78 Å². The van der Waals surface area contributed by atoms with Crippen LogP contribution in [0.4, 0.5) is 14.5 Å². The van der Waals surface area contributed by atoms with E-state index in [0.29, 0.717) is 24.2 Å². The van der Waals surface area contributed by atoms with Crippen LogP contribution in [-0.4, -0.2) is 24.2 Å². The molecular weight excluding hydrogens is 328 g/mol. The Balaban J connectivity index is 1.74. The van der Waals surface area contributed by atoms with Gasteiger partial charge in [0.1, 0.15) is 5.75 Å². The zero-order valence-corrected chi connectivity index (χ0v) is 13.6. The maximum absolute atomic E-state index is 12.6. The lowest BCUT2D eigenvalue weighted by molar-refractivity contribution is -0.120. The van der Waals surface area contributed by atoms with E-state index in [9.17, 15) is 18.7 Å². The third-order valence-electron chi connectivity index (χ3n) is 4.25. The van der Waals surface area contributed by atoms with Gasteiger partial charge in [0, 0.05) is 12.2 Å². The van der Waals surface area contributed by atoms with E-state index in [-0.39, 0.29) is 18.1 Å². The van der Waals surface area contributed by atoms with Gasteiger partial charge in [-0.15, -0.1) is 0 Å². The summed E-state index contributed by atoms with van der Waals surface area (Å²) in [5, 5.41) is 10.3. The third kappa shape index (κ3) is 4.14. The number of aliphatic hydroxyl groups is 1. The Morgan fingerprint density at radius 3 is 2.68 bits per heavy atom. The number of aryl methyl sites for hydroxylation is 1. The van der Waals surface area contributed by atoms with Crippen molar-refractivity contribution in [2.75, 3.05) is 11.4 Å². The van der Waals surface area contributed by atoms with Crippen molar-refractivity contribution in [1.29, 1.82) is 0 Å². The first-order chi connectivity index (χ1) is 12.0. The van der Waals surface area contributed by atoms with Crippen molar-refractivity contribution in [2.45, 2.75) is 32.0 Å². The van der Waals surface area contributed by atoms with Gasteiger partial charge in [-0.25, -0.2) is 0 Å². The number of hydrogen-bond donors (Lipinski definition) is 1. The topological polar surface area (TPSA) is 49.8 Å². The lowest BCUT2D eigenvalue weighted by Crippen LogP contribution is -2.36. The van der Waals surface area contributed by atoms with Gasteiger partial charge in [-0.05, 0) is 42.2 Å². The molecule has 0 aliphatic carbocycles. The zero-order chi connectivity index (χ0) is 17.8. The molecule has 1 amide bonds. The van der Waals surface area contributed by atoms with E-state index in [4.69, 9.17) is 0 Å². The highest BCUT2D eigenvalue weighted by Crippen LogP contribution is 2.32. The number of carbonyl (C=O) groups is 1. The van der Waals surface area contributed by atoms with Gasteiger partial charge >= 0.3 is 6.61 Å². The number of anilines is 1. The van der Waals surface area contributed by atoms with E-state index in [0.717, 1.165) is 12.0 Å². The van der Waals surface area contributed by atoms with Crippen LogP contribution in [0, 0.1) is 0 Å². The molecule has 1 heterocycles. The Morgan fingerprint density at radius 2 is 1.96 bits per heavy atom. The molecule has 0 saturated carbocycles. The normalized spacial score (nSPS) is 15.0. The van der Waals surface area contributed by atoms with Gasteiger partial charge in [-0.1, -0.05) is 30.3 Å². The monoisotopic (exact) mass is 347 g/mol. The van der Waals surface area contributed by atoms with Gasteiger partial charge in [0.25, 0.3) is 0 Å². The molecule has 0 bridgehead atoms. The van der Waals surface area contributed by atoms with Gasteiger partial charge in [0.05, 0.1) is 12.5 Å². The van der Waals surface area contributed by atoms with Crippen LogP contribution in [0.2, 0.25) is 0 Å². The predicted octanol–water partition coefficient (Wildman–Crippen LogP) is 3.69. The van der Waals surface area contributed by atoms with Crippen molar-refractivity contribution in [1.82, 2.24) is 0 Å². The number of rotatable bonds is 5. The molecule has 0 saturated heterocycles. The highest BCUT2D eigenvalue weighted by Gasteiger charge is 2.25. The molecule has 25 heavy (non-hydrogen) atoms. The minimum atomic E-state index is -2.87. The Labute approximate surface area is 144 Å². The van der Waals surface area contributed by atoms with E-state index in [2.05, 4.69) is 4.74 Å². The van der Waals surface area contributed by atoms with E-state index >= 15 is 0 Å². The highest BCUT2D eigenvalue weighted by atomic mass is 19.3. The van der Waals surface area contributed by atoms with Crippen LogP contribution < -0.4 is 9.64 Å². The molecule has 0 radical (unpaired) electrons. The molecule has 3 rings (SSSR count). The van der Waals surface area contributed by atoms with Gasteiger partial charge in [-0.3, -0.25) is 4.79 Å². The van der Waals surface area contributed by atoms with Crippen molar-refractivity contribution in [3.8, 4) is 5.75 Å². The van der Waals surface area contributed by atoms with Crippen molar-refractivity contribution < 1.29 is 23.4 Å². The second kappa shape index (κ2) is 7.61. The molecule has 2 aromatic rings. The smallest absolute Gasteiger partial charge is 0.387 e. The molecule has 1 aliphatic heterocycles. The second-order valence-electron chi connectivity index (χ2n) is 5.95. The molecule has 1 atom stereocenters. The fraction of sp³-hybridized carbons (Fsp3) is 0.316. The molecule has 0 fully saturated rings. The lowest BCUT2D eigenvalue weighted by atomic mass is 9.99. The molecule has 1 N–H and O–H groups in total. The number of hydrogen-bond acceptors (Lipinski definition) is 3. The Kier molecular flexibility index (Phi) is 5.28. The minimum absolute atomic E-state index is 0.0290.